The maximum absolute atomic E-state index is 3.17. The molecule has 1 N–H and O–H groups in total. The Bertz CT molecular complexity index is 57.7. The quantitative estimate of drug-likeness (QED) is 0.640. The molecule has 0 saturated heterocycles. The molecule has 0 unspecified atom stereocenters. The van der Waals surface area contributed by atoms with Gasteiger partial charge in [0, 0.05) is 0 Å². The van der Waals surface area contributed by atoms with Crippen LogP contribution in [0.3, 0.4) is 0 Å². The number of hydrogen-bond donors (Lipinski definition) is 1. The molecule has 62 valence electrons. The Balaban J connectivity index is 0.000000371. The summed E-state index contributed by atoms with van der Waals surface area (Å²) in [5.74, 6) is 1.07. The van der Waals surface area contributed by atoms with Crippen LogP contribution in [0.2, 0.25) is 0 Å². The molecule has 1 fully saturated rings. The van der Waals surface area contributed by atoms with Gasteiger partial charge in [-0.3, -0.25) is 0 Å². The lowest BCUT2D eigenvalue weighted by Gasteiger charge is -2.24. The third-order valence-corrected chi connectivity index (χ3v) is 2.03. The van der Waals surface area contributed by atoms with Crippen molar-refractivity contribution in [3.8, 4) is 0 Å². The van der Waals surface area contributed by atoms with E-state index >= 15 is 0 Å². The average molecular weight is 143 g/mol. The lowest BCUT2D eigenvalue weighted by molar-refractivity contribution is 0.294. The van der Waals surface area contributed by atoms with E-state index in [2.05, 4.69) is 5.32 Å². The summed E-state index contributed by atoms with van der Waals surface area (Å²) in [6, 6.07) is 0. The van der Waals surface area contributed by atoms with Gasteiger partial charge in [0.1, 0.15) is 0 Å². The van der Waals surface area contributed by atoms with E-state index in [-0.39, 0.29) is 0 Å². The zero-order valence-electron chi connectivity index (χ0n) is 7.61. The van der Waals surface area contributed by atoms with Crippen molar-refractivity contribution >= 4 is 0 Å². The van der Waals surface area contributed by atoms with E-state index in [0.717, 1.165) is 5.92 Å². The summed E-state index contributed by atoms with van der Waals surface area (Å²) in [7, 11) is 2.03. The van der Waals surface area contributed by atoms with E-state index in [9.17, 15) is 0 Å². The maximum Gasteiger partial charge on any atom is -0.00493 e. The second-order valence-corrected chi connectivity index (χ2v) is 2.69. The molecule has 10 heavy (non-hydrogen) atoms. The van der Waals surface area contributed by atoms with Crippen LogP contribution in [0.1, 0.15) is 39.5 Å². The van der Waals surface area contributed by atoms with E-state index < -0.39 is 0 Å². The molecular formula is C9H21N. The second kappa shape index (κ2) is 7.07. The van der Waals surface area contributed by atoms with E-state index in [1.807, 2.05) is 20.9 Å². The van der Waals surface area contributed by atoms with Gasteiger partial charge in [0.2, 0.25) is 0 Å². The van der Waals surface area contributed by atoms with Crippen molar-refractivity contribution in [2.24, 2.45) is 5.92 Å². The summed E-state index contributed by atoms with van der Waals surface area (Å²) in [6.45, 7) is 5.21. The second-order valence-electron chi connectivity index (χ2n) is 2.69. The van der Waals surface area contributed by atoms with Gasteiger partial charge in [-0.1, -0.05) is 33.1 Å². The Kier molecular flexibility index (Phi) is 7.04. The Morgan fingerprint density at radius 2 is 1.90 bits per heavy atom. The molecule has 1 aliphatic carbocycles. The fourth-order valence-corrected chi connectivity index (χ4v) is 1.13. The zero-order chi connectivity index (χ0) is 7.82. The van der Waals surface area contributed by atoms with Gasteiger partial charge in [-0.05, 0) is 25.9 Å². The minimum atomic E-state index is 1.07. The van der Waals surface area contributed by atoms with Crippen LogP contribution >= 0.6 is 0 Å². The van der Waals surface area contributed by atoms with Gasteiger partial charge in [-0.15, -0.1) is 0 Å². The van der Waals surface area contributed by atoms with Crippen molar-refractivity contribution in [1.82, 2.24) is 5.32 Å². The molecule has 1 aliphatic rings. The van der Waals surface area contributed by atoms with Crippen LogP contribution in [0.4, 0.5) is 0 Å². The Morgan fingerprint density at radius 1 is 1.30 bits per heavy atom. The van der Waals surface area contributed by atoms with E-state index in [4.69, 9.17) is 0 Å². The number of nitrogens with one attached hydrogen (secondary N) is 1. The molecule has 0 spiro atoms. The first-order valence-electron chi connectivity index (χ1n) is 4.58. The maximum atomic E-state index is 3.17. The zero-order valence-corrected chi connectivity index (χ0v) is 7.61. The van der Waals surface area contributed by atoms with Crippen LogP contribution in [0, 0.1) is 5.92 Å². The topological polar surface area (TPSA) is 12.0 Å². The summed E-state index contributed by atoms with van der Waals surface area (Å²) in [5.41, 5.74) is 0. The first-order valence-corrected chi connectivity index (χ1v) is 4.58. The van der Waals surface area contributed by atoms with Gasteiger partial charge >= 0.3 is 0 Å². The van der Waals surface area contributed by atoms with Crippen molar-refractivity contribution in [3.63, 3.8) is 0 Å². The lowest BCUT2D eigenvalue weighted by Crippen LogP contribution is -2.17. The molecule has 0 atom stereocenters. The Morgan fingerprint density at radius 3 is 2.20 bits per heavy atom. The smallest absolute Gasteiger partial charge is 0.00493 e. The number of rotatable bonds is 3. The highest BCUT2D eigenvalue weighted by Crippen LogP contribution is 2.28. The van der Waals surface area contributed by atoms with Crippen molar-refractivity contribution in [1.29, 1.82) is 0 Å². The van der Waals surface area contributed by atoms with Crippen LogP contribution in [0.15, 0.2) is 0 Å². The Labute approximate surface area is 65.2 Å². The molecule has 0 heterocycles. The van der Waals surface area contributed by atoms with Gasteiger partial charge < -0.3 is 5.32 Å². The van der Waals surface area contributed by atoms with E-state index in [0.29, 0.717) is 0 Å². The molecule has 1 nitrogen and oxygen atoms in total. The van der Waals surface area contributed by atoms with Crippen molar-refractivity contribution in [3.05, 3.63) is 0 Å². The van der Waals surface area contributed by atoms with Gasteiger partial charge in [-0.25, -0.2) is 0 Å². The van der Waals surface area contributed by atoms with Crippen LogP contribution in [-0.4, -0.2) is 13.6 Å². The van der Waals surface area contributed by atoms with E-state index in [1.165, 1.54) is 32.2 Å². The van der Waals surface area contributed by atoms with Crippen LogP contribution in [0.25, 0.3) is 0 Å². The van der Waals surface area contributed by atoms with Crippen LogP contribution in [-0.2, 0) is 0 Å². The number of hydrogen-bond acceptors (Lipinski definition) is 1. The first-order chi connectivity index (χ1) is 4.93. The third-order valence-electron chi connectivity index (χ3n) is 2.03. The van der Waals surface area contributed by atoms with Crippen LogP contribution < -0.4 is 5.32 Å². The molecule has 0 aliphatic heterocycles. The molecule has 0 aromatic heterocycles. The standard InChI is InChI=1S/C7H15N.C2H6/c1-8-6-5-7-3-2-4-7;1-2/h7-8H,2-6H2,1H3;1-2H3. The monoisotopic (exact) mass is 143 g/mol. The average Bonchev–Trinajstić information content (AvgIpc) is 1.90. The fourth-order valence-electron chi connectivity index (χ4n) is 1.13. The van der Waals surface area contributed by atoms with Crippen molar-refractivity contribution < 1.29 is 0 Å². The first kappa shape index (κ1) is 9.96. The predicted molar refractivity (Wildman–Crippen MR) is 47.2 cm³/mol. The van der Waals surface area contributed by atoms with Crippen molar-refractivity contribution in [2.75, 3.05) is 13.6 Å². The molecule has 0 radical (unpaired) electrons. The van der Waals surface area contributed by atoms with Gasteiger partial charge in [0.15, 0.2) is 0 Å². The Hall–Kier alpha value is -0.0400. The highest BCUT2D eigenvalue weighted by Gasteiger charge is 2.15. The van der Waals surface area contributed by atoms with Gasteiger partial charge in [0.05, 0.1) is 0 Å². The highest BCUT2D eigenvalue weighted by molar-refractivity contribution is 4.69. The molecule has 1 saturated carbocycles. The van der Waals surface area contributed by atoms with E-state index in [1.54, 1.807) is 0 Å². The summed E-state index contributed by atoms with van der Waals surface area (Å²) in [4.78, 5) is 0. The minimum absolute atomic E-state index is 1.07. The summed E-state index contributed by atoms with van der Waals surface area (Å²) in [6.07, 6.45) is 5.86. The van der Waals surface area contributed by atoms with Gasteiger partial charge in [0.25, 0.3) is 0 Å². The molecule has 0 bridgehead atoms. The fraction of sp³-hybridized carbons (Fsp3) is 1.00. The largest absolute Gasteiger partial charge is 0.320 e. The van der Waals surface area contributed by atoms with Gasteiger partial charge in [-0.2, -0.15) is 0 Å². The van der Waals surface area contributed by atoms with Crippen LogP contribution in [0.5, 0.6) is 0 Å². The summed E-state index contributed by atoms with van der Waals surface area (Å²) >= 11 is 0. The SMILES string of the molecule is CC.CNCCC1CCC1. The molecule has 1 rings (SSSR count). The third kappa shape index (κ3) is 3.89. The normalized spacial score (nSPS) is 17.1. The molecule has 1 heteroatoms. The summed E-state index contributed by atoms with van der Waals surface area (Å²) < 4.78 is 0. The lowest BCUT2D eigenvalue weighted by atomic mass is 9.83. The predicted octanol–water partition coefficient (Wildman–Crippen LogP) is 2.42. The molecule has 0 aromatic rings. The summed E-state index contributed by atoms with van der Waals surface area (Å²) in [5, 5.41) is 3.17. The highest BCUT2D eigenvalue weighted by atomic mass is 14.8. The molecule has 0 aromatic carbocycles. The molecule has 0 amide bonds. The van der Waals surface area contributed by atoms with Crippen molar-refractivity contribution in [2.45, 2.75) is 39.5 Å². The molecular weight excluding hydrogens is 122 g/mol. The minimum Gasteiger partial charge on any atom is -0.320 e.